The number of methoxy groups -OCH3 is 1. The van der Waals surface area contributed by atoms with E-state index in [4.69, 9.17) is 15.7 Å². The van der Waals surface area contributed by atoms with Crippen molar-refractivity contribution in [3.63, 3.8) is 0 Å². The summed E-state index contributed by atoms with van der Waals surface area (Å²) in [5, 5.41) is 8.65. The van der Waals surface area contributed by atoms with Gasteiger partial charge in [0, 0.05) is 13.1 Å². The van der Waals surface area contributed by atoms with Gasteiger partial charge in [0.25, 0.3) is 0 Å². The number of anilines is 2. The second-order valence-electron chi connectivity index (χ2n) is 3.72. The van der Waals surface area contributed by atoms with Crippen LogP contribution in [0, 0.1) is 11.3 Å². The number of esters is 1. The van der Waals surface area contributed by atoms with Crippen molar-refractivity contribution in [3.8, 4) is 6.07 Å². The number of carbonyl (C=O) groups excluding carboxylic acids is 1. The van der Waals surface area contributed by atoms with Crippen LogP contribution in [0.25, 0.3) is 0 Å². The van der Waals surface area contributed by atoms with Gasteiger partial charge < -0.3 is 15.4 Å². The molecule has 96 valence electrons. The molecule has 1 aromatic carbocycles. The molecular weight excluding hydrogens is 230 g/mol. The van der Waals surface area contributed by atoms with Crippen LogP contribution >= 0.6 is 0 Å². The third-order valence-corrected chi connectivity index (χ3v) is 2.66. The molecule has 0 bridgehead atoms. The zero-order chi connectivity index (χ0) is 13.5. The molecule has 5 heteroatoms. The number of benzene rings is 1. The SMILES string of the molecule is CCN(CCC#N)c1c(N)cccc1C(=O)OC. The highest BCUT2D eigenvalue weighted by Crippen LogP contribution is 2.28. The summed E-state index contributed by atoms with van der Waals surface area (Å²) in [6, 6.07) is 7.20. The summed E-state index contributed by atoms with van der Waals surface area (Å²) in [4.78, 5) is 13.6. The van der Waals surface area contributed by atoms with Gasteiger partial charge in [0.15, 0.2) is 0 Å². The number of nitriles is 1. The van der Waals surface area contributed by atoms with Crippen molar-refractivity contribution in [2.24, 2.45) is 0 Å². The van der Waals surface area contributed by atoms with Gasteiger partial charge in [-0.1, -0.05) is 6.07 Å². The van der Waals surface area contributed by atoms with Gasteiger partial charge in [-0.05, 0) is 19.1 Å². The Labute approximate surface area is 107 Å². The lowest BCUT2D eigenvalue weighted by Crippen LogP contribution is -2.27. The van der Waals surface area contributed by atoms with Gasteiger partial charge in [0.05, 0.1) is 36.5 Å². The van der Waals surface area contributed by atoms with Gasteiger partial charge in [-0.15, -0.1) is 0 Å². The summed E-state index contributed by atoms with van der Waals surface area (Å²) in [5.74, 6) is -0.423. The number of carbonyl (C=O) groups is 1. The second kappa shape index (κ2) is 6.50. The van der Waals surface area contributed by atoms with E-state index in [1.165, 1.54) is 7.11 Å². The van der Waals surface area contributed by atoms with Gasteiger partial charge in [-0.25, -0.2) is 4.79 Å². The number of nitrogen functional groups attached to an aromatic ring is 1. The summed E-state index contributed by atoms with van der Waals surface area (Å²) >= 11 is 0. The van der Waals surface area contributed by atoms with Crippen molar-refractivity contribution < 1.29 is 9.53 Å². The number of hydrogen-bond donors (Lipinski definition) is 1. The molecule has 1 aromatic rings. The minimum atomic E-state index is -0.423. The third kappa shape index (κ3) is 2.92. The number of nitrogens with two attached hydrogens (primary N) is 1. The first-order valence-electron chi connectivity index (χ1n) is 5.74. The van der Waals surface area contributed by atoms with Crippen LogP contribution in [0.3, 0.4) is 0 Å². The Bertz CT molecular complexity index is 466. The molecule has 2 N–H and O–H groups in total. The molecule has 0 saturated carbocycles. The average molecular weight is 247 g/mol. The fourth-order valence-electron chi connectivity index (χ4n) is 1.80. The molecule has 5 nitrogen and oxygen atoms in total. The Morgan fingerprint density at radius 1 is 1.56 bits per heavy atom. The van der Waals surface area contributed by atoms with E-state index in [2.05, 4.69) is 6.07 Å². The van der Waals surface area contributed by atoms with Crippen molar-refractivity contribution in [3.05, 3.63) is 23.8 Å². The normalized spacial score (nSPS) is 9.61. The highest BCUT2D eigenvalue weighted by atomic mass is 16.5. The molecule has 1 rings (SSSR count). The number of nitrogens with zero attached hydrogens (tertiary/aromatic N) is 2. The Morgan fingerprint density at radius 3 is 2.83 bits per heavy atom. The van der Waals surface area contributed by atoms with E-state index in [9.17, 15) is 4.79 Å². The first-order valence-corrected chi connectivity index (χ1v) is 5.74. The van der Waals surface area contributed by atoms with Crippen molar-refractivity contribution in [1.29, 1.82) is 5.26 Å². The van der Waals surface area contributed by atoms with Crippen molar-refractivity contribution >= 4 is 17.3 Å². The van der Waals surface area contributed by atoms with Gasteiger partial charge in [-0.2, -0.15) is 5.26 Å². The molecule has 0 heterocycles. The number of para-hydroxylation sites is 1. The molecule has 0 aliphatic rings. The molecule has 0 saturated heterocycles. The van der Waals surface area contributed by atoms with Crippen LogP contribution in [0.15, 0.2) is 18.2 Å². The topological polar surface area (TPSA) is 79.4 Å². The predicted octanol–water partition coefficient (Wildman–Crippen LogP) is 1.80. The number of ether oxygens (including phenoxy) is 1. The molecule has 0 spiro atoms. The summed E-state index contributed by atoms with van der Waals surface area (Å²) in [7, 11) is 1.33. The molecule has 18 heavy (non-hydrogen) atoms. The largest absolute Gasteiger partial charge is 0.465 e. The van der Waals surface area contributed by atoms with Crippen LogP contribution in [0.2, 0.25) is 0 Å². The van der Waals surface area contributed by atoms with E-state index < -0.39 is 5.97 Å². The van der Waals surface area contributed by atoms with Gasteiger partial charge >= 0.3 is 5.97 Å². The van der Waals surface area contributed by atoms with Gasteiger partial charge in [0.2, 0.25) is 0 Å². The molecule has 0 fully saturated rings. The summed E-state index contributed by atoms with van der Waals surface area (Å²) < 4.78 is 4.74. The lowest BCUT2D eigenvalue weighted by atomic mass is 10.1. The fourth-order valence-corrected chi connectivity index (χ4v) is 1.80. The Kier molecular flexibility index (Phi) is 5.00. The monoisotopic (exact) mass is 247 g/mol. The minimum absolute atomic E-state index is 0.378. The molecule has 0 aromatic heterocycles. The molecule has 0 unspecified atom stereocenters. The zero-order valence-electron chi connectivity index (χ0n) is 10.6. The Balaban J connectivity index is 3.19. The fraction of sp³-hybridized carbons (Fsp3) is 0.385. The highest BCUT2D eigenvalue weighted by Gasteiger charge is 2.18. The van der Waals surface area contributed by atoms with Crippen molar-refractivity contribution in [2.45, 2.75) is 13.3 Å². The van der Waals surface area contributed by atoms with Crippen molar-refractivity contribution in [1.82, 2.24) is 0 Å². The molecule has 0 atom stereocenters. The van der Waals surface area contributed by atoms with E-state index in [1.807, 2.05) is 11.8 Å². The quantitative estimate of drug-likeness (QED) is 0.634. The average Bonchev–Trinajstić information content (AvgIpc) is 2.40. The van der Waals surface area contributed by atoms with Crippen LogP contribution in [0.4, 0.5) is 11.4 Å². The lowest BCUT2D eigenvalue weighted by molar-refractivity contribution is 0.0601. The maximum absolute atomic E-state index is 11.7. The Morgan fingerprint density at radius 2 is 2.28 bits per heavy atom. The summed E-state index contributed by atoms with van der Waals surface area (Å²) in [6.07, 6.45) is 0.378. The Hall–Kier alpha value is -2.22. The standard InChI is InChI=1S/C13H17N3O2/c1-3-16(9-5-8-14)12-10(13(17)18-2)6-4-7-11(12)15/h4,6-7H,3,5,9,15H2,1-2H3. The van der Waals surface area contributed by atoms with E-state index in [0.717, 1.165) is 0 Å². The van der Waals surface area contributed by atoms with Crippen molar-refractivity contribution in [2.75, 3.05) is 30.8 Å². The predicted molar refractivity (Wildman–Crippen MR) is 70.3 cm³/mol. The molecular formula is C13H17N3O2. The minimum Gasteiger partial charge on any atom is -0.465 e. The summed E-state index contributed by atoms with van der Waals surface area (Å²) in [5.41, 5.74) is 7.51. The van der Waals surface area contributed by atoms with Crippen LogP contribution in [0.5, 0.6) is 0 Å². The van der Waals surface area contributed by atoms with Crippen LogP contribution in [-0.4, -0.2) is 26.2 Å². The van der Waals surface area contributed by atoms with Gasteiger partial charge in [-0.3, -0.25) is 0 Å². The van der Waals surface area contributed by atoms with Crippen LogP contribution in [-0.2, 0) is 4.74 Å². The second-order valence-corrected chi connectivity index (χ2v) is 3.72. The zero-order valence-corrected chi connectivity index (χ0v) is 10.6. The number of rotatable bonds is 5. The third-order valence-electron chi connectivity index (χ3n) is 2.66. The molecule has 0 amide bonds. The first-order chi connectivity index (χ1) is 8.65. The van der Waals surface area contributed by atoms with E-state index >= 15 is 0 Å². The van der Waals surface area contributed by atoms with Crippen LogP contribution < -0.4 is 10.6 Å². The maximum Gasteiger partial charge on any atom is 0.340 e. The van der Waals surface area contributed by atoms with E-state index in [1.54, 1.807) is 18.2 Å². The lowest BCUT2D eigenvalue weighted by Gasteiger charge is -2.25. The smallest absolute Gasteiger partial charge is 0.340 e. The van der Waals surface area contributed by atoms with Crippen LogP contribution in [0.1, 0.15) is 23.7 Å². The molecule has 0 aliphatic heterocycles. The number of hydrogen-bond acceptors (Lipinski definition) is 5. The summed E-state index contributed by atoms with van der Waals surface area (Å²) in [6.45, 7) is 3.15. The first kappa shape index (κ1) is 13.8. The maximum atomic E-state index is 11.7. The van der Waals surface area contributed by atoms with E-state index in [-0.39, 0.29) is 0 Å². The highest BCUT2D eigenvalue weighted by molar-refractivity contribution is 5.99. The van der Waals surface area contributed by atoms with Gasteiger partial charge in [0.1, 0.15) is 0 Å². The molecule has 0 radical (unpaired) electrons. The van der Waals surface area contributed by atoms with E-state index in [0.29, 0.717) is 36.4 Å². The molecule has 0 aliphatic carbocycles.